The van der Waals surface area contributed by atoms with Gasteiger partial charge in [-0.1, -0.05) is 30.3 Å². The van der Waals surface area contributed by atoms with Crippen LogP contribution in [0.3, 0.4) is 0 Å². The van der Waals surface area contributed by atoms with Crippen LogP contribution in [0.25, 0.3) is 10.9 Å². The van der Waals surface area contributed by atoms with Crippen molar-refractivity contribution in [3.05, 3.63) is 54.1 Å². The summed E-state index contributed by atoms with van der Waals surface area (Å²) in [4.78, 5) is 8.98. The Morgan fingerprint density at radius 3 is 2.45 bits per heavy atom. The van der Waals surface area contributed by atoms with Crippen LogP contribution in [0.4, 0.5) is 17.5 Å². The van der Waals surface area contributed by atoms with Crippen LogP contribution in [0, 0.1) is 6.92 Å². The number of hydrogen-bond acceptors (Lipinski definition) is 4. The molecular formula is C16H16N4. The number of nitrogens with zero attached hydrogens (tertiary/aromatic N) is 2. The van der Waals surface area contributed by atoms with E-state index in [0.717, 1.165) is 22.4 Å². The molecule has 1 heterocycles. The van der Waals surface area contributed by atoms with Gasteiger partial charge in [-0.05, 0) is 30.7 Å². The number of hydrogen-bond donors (Lipinski definition) is 2. The van der Waals surface area contributed by atoms with Crippen LogP contribution < -0.4 is 10.6 Å². The second kappa shape index (κ2) is 5.17. The normalized spacial score (nSPS) is 10.5. The van der Waals surface area contributed by atoms with Crippen molar-refractivity contribution < 1.29 is 0 Å². The molecule has 0 fully saturated rings. The van der Waals surface area contributed by atoms with E-state index < -0.39 is 0 Å². The van der Waals surface area contributed by atoms with Gasteiger partial charge in [-0.15, -0.1) is 0 Å². The number of benzene rings is 2. The van der Waals surface area contributed by atoms with Crippen molar-refractivity contribution in [2.75, 3.05) is 17.7 Å². The first-order valence-corrected chi connectivity index (χ1v) is 6.55. The summed E-state index contributed by atoms with van der Waals surface area (Å²) in [5.74, 6) is 1.43. The van der Waals surface area contributed by atoms with Crippen molar-refractivity contribution in [3.8, 4) is 0 Å². The molecule has 4 heteroatoms. The molecule has 4 nitrogen and oxygen atoms in total. The van der Waals surface area contributed by atoms with E-state index in [1.54, 1.807) is 0 Å². The Balaban J connectivity index is 2.13. The van der Waals surface area contributed by atoms with Crippen LogP contribution in [0.15, 0.2) is 48.5 Å². The van der Waals surface area contributed by atoms with Gasteiger partial charge in [0.05, 0.1) is 5.52 Å². The van der Waals surface area contributed by atoms with E-state index in [2.05, 4.69) is 33.6 Å². The van der Waals surface area contributed by atoms with Crippen LogP contribution >= 0.6 is 0 Å². The van der Waals surface area contributed by atoms with Crippen molar-refractivity contribution in [2.45, 2.75) is 6.92 Å². The Morgan fingerprint density at radius 2 is 1.65 bits per heavy atom. The van der Waals surface area contributed by atoms with Crippen molar-refractivity contribution in [3.63, 3.8) is 0 Å². The lowest BCUT2D eigenvalue weighted by Crippen LogP contribution is -2.02. The maximum Gasteiger partial charge on any atom is 0.224 e. The van der Waals surface area contributed by atoms with E-state index in [0.29, 0.717) is 5.95 Å². The Labute approximate surface area is 117 Å². The van der Waals surface area contributed by atoms with Gasteiger partial charge in [0.2, 0.25) is 5.95 Å². The number of nitrogens with one attached hydrogen (secondary N) is 2. The molecule has 3 rings (SSSR count). The molecule has 3 aromatic rings. The summed E-state index contributed by atoms with van der Waals surface area (Å²) in [6.07, 6.45) is 0. The fourth-order valence-electron chi connectivity index (χ4n) is 2.12. The Morgan fingerprint density at radius 1 is 0.900 bits per heavy atom. The molecule has 0 aliphatic carbocycles. The lowest BCUT2D eigenvalue weighted by molar-refractivity contribution is 1.19. The molecule has 2 aromatic carbocycles. The van der Waals surface area contributed by atoms with E-state index in [4.69, 9.17) is 0 Å². The first kappa shape index (κ1) is 12.4. The molecule has 100 valence electrons. The van der Waals surface area contributed by atoms with E-state index >= 15 is 0 Å². The summed E-state index contributed by atoms with van der Waals surface area (Å²) >= 11 is 0. The van der Waals surface area contributed by atoms with Gasteiger partial charge in [-0.2, -0.15) is 4.98 Å². The first-order chi connectivity index (χ1) is 9.78. The molecule has 20 heavy (non-hydrogen) atoms. The zero-order chi connectivity index (χ0) is 13.9. The highest BCUT2D eigenvalue weighted by Gasteiger charge is 2.07. The molecule has 0 amide bonds. The average molecular weight is 264 g/mol. The molecule has 0 spiro atoms. The van der Waals surface area contributed by atoms with Crippen LogP contribution in [-0.2, 0) is 0 Å². The number of aromatic nitrogens is 2. The minimum absolute atomic E-state index is 0.611. The third-order valence-electron chi connectivity index (χ3n) is 3.22. The van der Waals surface area contributed by atoms with Crippen molar-refractivity contribution >= 4 is 28.4 Å². The molecule has 1 aromatic heterocycles. The highest BCUT2D eigenvalue weighted by molar-refractivity contribution is 5.91. The second-order valence-electron chi connectivity index (χ2n) is 4.60. The molecule has 0 saturated carbocycles. The third-order valence-corrected chi connectivity index (χ3v) is 3.22. The Bertz CT molecular complexity index is 752. The number of rotatable bonds is 3. The molecule has 2 N–H and O–H groups in total. The Kier molecular flexibility index (Phi) is 3.21. The topological polar surface area (TPSA) is 49.8 Å². The van der Waals surface area contributed by atoms with Crippen molar-refractivity contribution in [1.82, 2.24) is 9.97 Å². The average Bonchev–Trinajstić information content (AvgIpc) is 2.49. The minimum Gasteiger partial charge on any atom is -0.357 e. The van der Waals surface area contributed by atoms with E-state index in [1.165, 1.54) is 5.56 Å². The number of aryl methyl sites for hydroxylation is 1. The maximum atomic E-state index is 4.52. The summed E-state index contributed by atoms with van der Waals surface area (Å²) in [5.41, 5.74) is 3.16. The zero-order valence-electron chi connectivity index (χ0n) is 11.5. The van der Waals surface area contributed by atoms with Gasteiger partial charge in [-0.3, -0.25) is 0 Å². The maximum absolute atomic E-state index is 4.52. The van der Waals surface area contributed by atoms with Gasteiger partial charge in [0, 0.05) is 18.1 Å². The summed E-state index contributed by atoms with van der Waals surface area (Å²) in [6.45, 7) is 2.07. The predicted octanol–water partition coefficient (Wildman–Crippen LogP) is 3.72. The fourth-order valence-corrected chi connectivity index (χ4v) is 2.12. The molecule has 0 saturated heterocycles. The summed E-state index contributed by atoms with van der Waals surface area (Å²) < 4.78 is 0. The van der Waals surface area contributed by atoms with Crippen LogP contribution in [0.1, 0.15) is 5.56 Å². The smallest absolute Gasteiger partial charge is 0.224 e. The molecule has 0 unspecified atom stereocenters. The van der Waals surface area contributed by atoms with Gasteiger partial charge in [-0.25, -0.2) is 4.98 Å². The summed E-state index contributed by atoms with van der Waals surface area (Å²) in [5, 5.41) is 7.41. The molecule has 0 atom stereocenters. The fraction of sp³-hybridized carbons (Fsp3) is 0.125. The zero-order valence-corrected chi connectivity index (χ0v) is 11.5. The lowest BCUT2D eigenvalue weighted by Gasteiger charge is -2.12. The molecular weight excluding hydrogens is 248 g/mol. The molecule has 0 aliphatic heterocycles. The minimum atomic E-state index is 0.611. The van der Waals surface area contributed by atoms with Gasteiger partial charge < -0.3 is 10.6 Å². The van der Waals surface area contributed by atoms with Crippen molar-refractivity contribution in [1.29, 1.82) is 0 Å². The standard InChI is InChI=1S/C16H16N4/c1-11-7-3-5-9-13(11)18-15-12-8-4-6-10-14(12)19-16(17-2)20-15/h3-10H,1-2H3,(H2,17,18,19,20). The van der Waals surface area contributed by atoms with Crippen molar-refractivity contribution in [2.24, 2.45) is 0 Å². The van der Waals surface area contributed by atoms with Gasteiger partial charge in [0.1, 0.15) is 5.82 Å². The number of anilines is 3. The van der Waals surface area contributed by atoms with Crippen LogP contribution in [0.5, 0.6) is 0 Å². The van der Waals surface area contributed by atoms with Gasteiger partial charge >= 0.3 is 0 Å². The Hall–Kier alpha value is -2.62. The van der Waals surface area contributed by atoms with Gasteiger partial charge in [0.25, 0.3) is 0 Å². The van der Waals surface area contributed by atoms with E-state index in [1.807, 2.05) is 49.5 Å². The second-order valence-corrected chi connectivity index (χ2v) is 4.60. The first-order valence-electron chi connectivity index (χ1n) is 6.55. The predicted molar refractivity (Wildman–Crippen MR) is 83.5 cm³/mol. The van der Waals surface area contributed by atoms with Crippen LogP contribution in [-0.4, -0.2) is 17.0 Å². The SMILES string of the molecule is CNc1nc(Nc2ccccc2C)c2ccccc2n1. The molecule has 0 bridgehead atoms. The van der Waals surface area contributed by atoms with E-state index in [9.17, 15) is 0 Å². The monoisotopic (exact) mass is 264 g/mol. The molecule has 0 aliphatic rings. The van der Waals surface area contributed by atoms with Crippen LogP contribution in [0.2, 0.25) is 0 Å². The molecule has 0 radical (unpaired) electrons. The van der Waals surface area contributed by atoms with Gasteiger partial charge in [0.15, 0.2) is 0 Å². The largest absolute Gasteiger partial charge is 0.357 e. The lowest BCUT2D eigenvalue weighted by atomic mass is 10.2. The highest BCUT2D eigenvalue weighted by atomic mass is 15.1. The third kappa shape index (κ3) is 2.28. The quantitative estimate of drug-likeness (QED) is 0.757. The summed E-state index contributed by atoms with van der Waals surface area (Å²) in [7, 11) is 1.82. The number of fused-ring (bicyclic) bond motifs is 1. The highest BCUT2D eigenvalue weighted by Crippen LogP contribution is 2.26. The number of para-hydroxylation sites is 2. The van der Waals surface area contributed by atoms with E-state index in [-0.39, 0.29) is 0 Å². The summed E-state index contributed by atoms with van der Waals surface area (Å²) in [6, 6.07) is 16.1.